The Morgan fingerprint density at radius 3 is 2.30 bits per heavy atom. The molecular weight excluding hydrogens is 580 g/mol. The van der Waals surface area contributed by atoms with Gasteiger partial charge in [-0.3, -0.25) is 19.5 Å². The molecule has 2 amide bonds. The maximum Gasteiger partial charge on any atom is 0.238 e. The summed E-state index contributed by atoms with van der Waals surface area (Å²) in [5.41, 5.74) is 3.87. The Hall–Kier alpha value is -5.05. The Kier molecular flexibility index (Phi) is 9.38. The first-order valence-corrected chi connectivity index (χ1v) is 15.5. The molecule has 1 aliphatic heterocycles. The maximum atomic E-state index is 13.9. The number of ether oxygens (including phenoxy) is 1. The van der Waals surface area contributed by atoms with Gasteiger partial charge in [0.05, 0.1) is 35.9 Å². The summed E-state index contributed by atoms with van der Waals surface area (Å²) in [6.45, 7) is -0.311. The molecule has 0 bridgehead atoms. The number of carbonyl (C=O) groups excluding carboxylic acids is 2. The number of aliphatic hydroxyl groups is 2. The lowest BCUT2D eigenvalue weighted by Crippen LogP contribution is -2.40. The van der Waals surface area contributed by atoms with E-state index < -0.39 is 30.5 Å². The summed E-state index contributed by atoms with van der Waals surface area (Å²) in [6.07, 6.45) is 3.37. The van der Waals surface area contributed by atoms with Crippen LogP contribution in [0.25, 0.3) is 11.6 Å². The topological polar surface area (TPSA) is 120 Å². The van der Waals surface area contributed by atoms with Gasteiger partial charge in [0.1, 0.15) is 18.1 Å². The van der Waals surface area contributed by atoms with Gasteiger partial charge in [-0.1, -0.05) is 60.7 Å². The Balaban J connectivity index is 1.34. The number of nitrogens with zero attached hydrogens (tertiary/aromatic N) is 2. The molecule has 1 aliphatic carbocycles. The summed E-state index contributed by atoms with van der Waals surface area (Å²) in [5.74, 6) is -2.18. The van der Waals surface area contributed by atoms with Gasteiger partial charge in [0.15, 0.2) is 0 Å². The van der Waals surface area contributed by atoms with E-state index in [0.29, 0.717) is 40.3 Å². The Bertz CT molecular complexity index is 1740. The first kappa shape index (κ1) is 31.0. The number of imide groups is 1. The Labute approximate surface area is 267 Å². The second kappa shape index (κ2) is 13.9. The lowest BCUT2D eigenvalue weighted by Gasteiger charge is -2.36. The summed E-state index contributed by atoms with van der Waals surface area (Å²) >= 11 is 0. The number of phenolic OH excluding ortho intramolecular Hbond substituents is 1. The third kappa shape index (κ3) is 6.36. The highest BCUT2D eigenvalue weighted by molar-refractivity contribution is 6.22. The molecule has 0 radical (unpaired) electrons. The van der Waals surface area contributed by atoms with Gasteiger partial charge in [-0.05, 0) is 84.5 Å². The van der Waals surface area contributed by atoms with Crippen LogP contribution in [-0.4, -0.2) is 51.4 Å². The van der Waals surface area contributed by atoms with Crippen molar-refractivity contribution >= 4 is 29.2 Å². The number of allylic oxidation sites excluding steroid dienone is 1. The predicted molar refractivity (Wildman–Crippen MR) is 176 cm³/mol. The van der Waals surface area contributed by atoms with E-state index in [9.17, 15) is 24.9 Å². The van der Waals surface area contributed by atoms with Crippen LogP contribution in [0.5, 0.6) is 11.5 Å². The van der Waals surface area contributed by atoms with Crippen molar-refractivity contribution in [1.82, 2.24) is 4.98 Å². The molecule has 8 nitrogen and oxygen atoms in total. The molecule has 1 fully saturated rings. The third-order valence-electron chi connectivity index (χ3n) is 8.86. The van der Waals surface area contributed by atoms with Crippen molar-refractivity contribution in [3.05, 3.63) is 132 Å². The van der Waals surface area contributed by atoms with Crippen LogP contribution in [0.3, 0.4) is 0 Å². The van der Waals surface area contributed by atoms with Crippen LogP contribution in [0.1, 0.15) is 30.5 Å². The fourth-order valence-electron chi connectivity index (χ4n) is 6.68. The average molecular weight is 617 g/mol. The molecule has 6 rings (SSSR count). The zero-order valence-corrected chi connectivity index (χ0v) is 25.3. The summed E-state index contributed by atoms with van der Waals surface area (Å²) in [6, 6.07) is 30.7. The molecule has 1 saturated heterocycles. The average Bonchev–Trinajstić information content (AvgIpc) is 3.35. The molecule has 8 heteroatoms. The van der Waals surface area contributed by atoms with E-state index in [2.05, 4.69) is 4.98 Å². The third-order valence-corrected chi connectivity index (χ3v) is 8.86. The number of benzene rings is 3. The summed E-state index contributed by atoms with van der Waals surface area (Å²) in [4.78, 5) is 33.4. The van der Waals surface area contributed by atoms with Gasteiger partial charge in [-0.2, -0.15) is 0 Å². The monoisotopic (exact) mass is 616 g/mol. The van der Waals surface area contributed by atoms with E-state index in [1.165, 1.54) is 4.90 Å². The van der Waals surface area contributed by atoms with E-state index in [1.807, 2.05) is 66.7 Å². The SMILES string of the molecule is O=C1[C@@H]2[C@@H](CC(COc3ccccc3)=C([C@H](O)CC/C(=C/c3ccccc3O)c3ccccn3)[C@@H]2CO)C(=O)N1c1ccccc1. The van der Waals surface area contributed by atoms with Gasteiger partial charge in [-0.15, -0.1) is 0 Å². The minimum absolute atomic E-state index is 0.101. The molecular formula is C38H36N2O6. The number of aromatic hydroxyl groups is 1. The lowest BCUT2D eigenvalue weighted by molar-refractivity contribution is -0.123. The number of pyridine rings is 1. The Morgan fingerprint density at radius 2 is 1.61 bits per heavy atom. The van der Waals surface area contributed by atoms with Crippen molar-refractivity contribution in [1.29, 1.82) is 0 Å². The fraction of sp³-hybridized carbons (Fsp3) is 0.237. The minimum Gasteiger partial charge on any atom is -0.507 e. The molecule has 46 heavy (non-hydrogen) atoms. The highest BCUT2D eigenvalue weighted by Crippen LogP contribution is 2.47. The van der Waals surface area contributed by atoms with Gasteiger partial charge in [-0.25, -0.2) is 0 Å². The molecule has 3 N–H and O–H groups in total. The number of amides is 2. The minimum atomic E-state index is -1.04. The van der Waals surface area contributed by atoms with Crippen LogP contribution in [0.2, 0.25) is 0 Å². The molecule has 0 spiro atoms. The van der Waals surface area contributed by atoms with Crippen molar-refractivity contribution in [3.8, 4) is 11.5 Å². The van der Waals surface area contributed by atoms with Gasteiger partial charge in [0.25, 0.3) is 0 Å². The fourth-order valence-corrected chi connectivity index (χ4v) is 6.68. The molecule has 3 aromatic carbocycles. The number of anilines is 1. The number of rotatable bonds is 11. The van der Waals surface area contributed by atoms with Gasteiger partial charge < -0.3 is 20.1 Å². The maximum absolute atomic E-state index is 13.9. The number of aliphatic hydroxyl groups excluding tert-OH is 2. The smallest absolute Gasteiger partial charge is 0.238 e. The normalized spacial score (nSPS) is 20.5. The number of carbonyl (C=O) groups is 2. The molecule has 2 aliphatic rings. The summed E-state index contributed by atoms with van der Waals surface area (Å²) in [5, 5.41) is 33.1. The summed E-state index contributed by atoms with van der Waals surface area (Å²) < 4.78 is 6.12. The first-order chi connectivity index (χ1) is 22.5. The molecule has 4 atom stereocenters. The zero-order valence-electron chi connectivity index (χ0n) is 25.3. The highest BCUT2D eigenvalue weighted by atomic mass is 16.5. The van der Waals surface area contributed by atoms with Crippen LogP contribution in [-0.2, 0) is 9.59 Å². The number of para-hydroxylation sites is 3. The summed E-state index contributed by atoms with van der Waals surface area (Å²) in [7, 11) is 0. The van der Waals surface area contributed by atoms with Crippen LogP contribution in [0, 0.1) is 17.8 Å². The van der Waals surface area contributed by atoms with Crippen molar-refractivity contribution in [2.45, 2.75) is 25.4 Å². The van der Waals surface area contributed by atoms with E-state index in [0.717, 1.165) is 5.57 Å². The molecule has 1 aromatic heterocycles. The van der Waals surface area contributed by atoms with Crippen molar-refractivity contribution in [3.63, 3.8) is 0 Å². The van der Waals surface area contributed by atoms with Crippen molar-refractivity contribution in [2.24, 2.45) is 17.8 Å². The molecule has 2 heterocycles. The van der Waals surface area contributed by atoms with E-state index in [1.54, 1.807) is 48.7 Å². The van der Waals surface area contributed by atoms with Crippen molar-refractivity contribution < 1.29 is 29.6 Å². The first-order valence-electron chi connectivity index (χ1n) is 15.5. The second-order valence-electron chi connectivity index (χ2n) is 11.6. The lowest BCUT2D eigenvalue weighted by atomic mass is 9.68. The molecule has 0 unspecified atom stereocenters. The predicted octanol–water partition coefficient (Wildman–Crippen LogP) is 5.66. The van der Waals surface area contributed by atoms with Gasteiger partial charge in [0, 0.05) is 17.7 Å². The van der Waals surface area contributed by atoms with Crippen molar-refractivity contribution in [2.75, 3.05) is 18.1 Å². The van der Waals surface area contributed by atoms with Crippen LogP contribution in [0.4, 0.5) is 5.69 Å². The molecule has 4 aromatic rings. The highest BCUT2D eigenvalue weighted by Gasteiger charge is 2.55. The number of aromatic nitrogens is 1. The van der Waals surface area contributed by atoms with Gasteiger partial charge in [0.2, 0.25) is 11.8 Å². The van der Waals surface area contributed by atoms with Gasteiger partial charge >= 0.3 is 0 Å². The zero-order chi connectivity index (χ0) is 32.0. The van der Waals surface area contributed by atoms with E-state index >= 15 is 0 Å². The van der Waals surface area contributed by atoms with E-state index in [-0.39, 0.29) is 37.0 Å². The molecule has 0 saturated carbocycles. The number of phenols is 1. The Morgan fingerprint density at radius 1 is 0.913 bits per heavy atom. The number of fused-ring (bicyclic) bond motifs is 1. The second-order valence-corrected chi connectivity index (χ2v) is 11.6. The number of hydrogen-bond acceptors (Lipinski definition) is 7. The standard InChI is InChI=1S/C38H36N2O6/c41-23-31-35(34(43)19-18-25(32-16-9-10-20-39-32)21-26-11-7-8-17-33(26)42)27(24-46-29-14-5-2-6-15-29)22-30-36(31)38(45)40(37(30)44)28-12-3-1-4-13-28/h1-17,20-21,30-31,34,36,41-43H,18-19,22-24H2/b25-21-/t30-,31+,34-,36-/m1/s1. The quantitative estimate of drug-likeness (QED) is 0.147. The van der Waals surface area contributed by atoms with Crippen LogP contribution >= 0.6 is 0 Å². The number of hydrogen-bond donors (Lipinski definition) is 3. The van der Waals surface area contributed by atoms with Crippen LogP contribution < -0.4 is 9.64 Å². The van der Waals surface area contributed by atoms with Crippen LogP contribution in [0.15, 0.2) is 120 Å². The molecule has 234 valence electrons. The largest absolute Gasteiger partial charge is 0.507 e. The van der Waals surface area contributed by atoms with E-state index in [4.69, 9.17) is 4.74 Å².